The van der Waals surface area contributed by atoms with E-state index in [9.17, 15) is 0 Å². The highest BCUT2D eigenvalue weighted by atomic mass is 15.2. The Morgan fingerprint density at radius 1 is 0.905 bits per heavy atom. The van der Waals surface area contributed by atoms with E-state index in [4.69, 9.17) is 5.73 Å². The zero-order valence-corrected chi connectivity index (χ0v) is 11.6. The molecule has 2 N–H and O–H groups in total. The summed E-state index contributed by atoms with van der Waals surface area (Å²) in [5.41, 5.74) is 10.8. The van der Waals surface area contributed by atoms with Crippen molar-refractivity contribution in [2.24, 2.45) is 7.05 Å². The van der Waals surface area contributed by atoms with Crippen molar-refractivity contribution in [2.75, 3.05) is 5.73 Å². The molecule has 4 nitrogen and oxygen atoms in total. The number of fused-ring (bicyclic) bond motifs is 2. The zero-order chi connectivity index (χ0) is 14.4. The lowest BCUT2D eigenvalue weighted by molar-refractivity contribution is 0.966. The topological polar surface area (TPSA) is 56.7 Å². The van der Waals surface area contributed by atoms with Crippen LogP contribution in [0.3, 0.4) is 0 Å². The van der Waals surface area contributed by atoms with Crippen LogP contribution in [0.25, 0.3) is 33.2 Å². The van der Waals surface area contributed by atoms with Gasteiger partial charge in [0.15, 0.2) is 5.65 Å². The van der Waals surface area contributed by atoms with E-state index in [1.807, 2.05) is 29.8 Å². The Morgan fingerprint density at radius 3 is 2.52 bits per heavy atom. The van der Waals surface area contributed by atoms with Gasteiger partial charge in [-0.3, -0.25) is 0 Å². The molecule has 2 heterocycles. The normalized spacial score (nSPS) is 11.3. The first kappa shape index (κ1) is 11.9. The molecule has 0 amide bonds. The van der Waals surface area contributed by atoms with Crippen molar-refractivity contribution >= 4 is 28.0 Å². The number of aryl methyl sites for hydroxylation is 1. The molecule has 4 aromatic rings. The summed E-state index contributed by atoms with van der Waals surface area (Å²) in [5, 5.41) is 1.09. The molecule has 0 aliphatic heterocycles. The van der Waals surface area contributed by atoms with Gasteiger partial charge < -0.3 is 10.3 Å². The van der Waals surface area contributed by atoms with Gasteiger partial charge in [0, 0.05) is 12.4 Å². The maximum atomic E-state index is 5.85. The first-order chi connectivity index (χ1) is 10.2. The monoisotopic (exact) mass is 274 g/mol. The Labute approximate surface area is 121 Å². The Balaban J connectivity index is 1.97. The summed E-state index contributed by atoms with van der Waals surface area (Å²) in [7, 11) is 1.90. The van der Waals surface area contributed by atoms with Gasteiger partial charge in [-0.25, -0.2) is 4.98 Å². The van der Waals surface area contributed by atoms with Gasteiger partial charge in [-0.15, -0.1) is 0 Å². The summed E-state index contributed by atoms with van der Waals surface area (Å²) >= 11 is 0. The van der Waals surface area contributed by atoms with E-state index in [-0.39, 0.29) is 0 Å². The van der Waals surface area contributed by atoms with Gasteiger partial charge in [0.05, 0.1) is 11.0 Å². The second-order valence-electron chi connectivity index (χ2n) is 5.13. The third-order valence-electron chi connectivity index (χ3n) is 3.81. The average Bonchev–Trinajstić information content (AvgIpc) is 2.80. The molecular formula is C17H14N4. The number of imidazole rings is 1. The van der Waals surface area contributed by atoms with Crippen molar-refractivity contribution in [3.05, 3.63) is 54.6 Å². The third-order valence-corrected chi connectivity index (χ3v) is 3.81. The van der Waals surface area contributed by atoms with E-state index in [1.165, 1.54) is 5.56 Å². The molecule has 0 radical (unpaired) electrons. The number of anilines is 1. The number of hydrogen-bond acceptors (Lipinski definition) is 3. The molecule has 0 saturated heterocycles. The Kier molecular flexibility index (Phi) is 2.44. The number of hydrogen-bond donors (Lipinski definition) is 1. The largest absolute Gasteiger partial charge is 0.369 e. The Morgan fingerprint density at radius 2 is 1.71 bits per heavy atom. The second kappa shape index (κ2) is 4.31. The fraction of sp³-hybridized carbons (Fsp3) is 0.0588. The van der Waals surface area contributed by atoms with Crippen LogP contribution in [0.15, 0.2) is 54.6 Å². The molecule has 4 rings (SSSR count). The maximum Gasteiger partial charge on any atom is 0.202 e. The number of benzene rings is 2. The quantitative estimate of drug-likeness (QED) is 0.579. The molecule has 0 spiro atoms. The molecule has 2 aromatic carbocycles. The van der Waals surface area contributed by atoms with Gasteiger partial charge in [-0.1, -0.05) is 42.5 Å². The molecule has 102 valence electrons. The van der Waals surface area contributed by atoms with Crippen LogP contribution in [0, 0.1) is 0 Å². The van der Waals surface area contributed by atoms with Crippen molar-refractivity contribution < 1.29 is 0 Å². The molecule has 0 unspecified atom stereocenters. The van der Waals surface area contributed by atoms with Gasteiger partial charge in [0.2, 0.25) is 5.95 Å². The molecule has 0 aliphatic rings. The molecule has 21 heavy (non-hydrogen) atoms. The minimum Gasteiger partial charge on any atom is -0.369 e. The SMILES string of the molecule is Cn1c(N)nc2nc3cc(-c4ccccc4)ccc3cc21. The van der Waals surface area contributed by atoms with Gasteiger partial charge in [0.25, 0.3) is 0 Å². The summed E-state index contributed by atoms with van der Waals surface area (Å²) in [6.07, 6.45) is 0. The minimum absolute atomic E-state index is 0.482. The molecule has 0 fully saturated rings. The number of rotatable bonds is 1. The Bertz CT molecular complexity index is 955. The third kappa shape index (κ3) is 1.84. The van der Waals surface area contributed by atoms with Crippen molar-refractivity contribution in [1.29, 1.82) is 0 Å². The van der Waals surface area contributed by atoms with E-state index in [0.717, 1.165) is 22.0 Å². The first-order valence-corrected chi connectivity index (χ1v) is 6.80. The van der Waals surface area contributed by atoms with E-state index < -0.39 is 0 Å². The van der Waals surface area contributed by atoms with Gasteiger partial charge in [-0.05, 0) is 23.3 Å². The molecule has 4 heteroatoms. The van der Waals surface area contributed by atoms with E-state index >= 15 is 0 Å². The summed E-state index contributed by atoms with van der Waals surface area (Å²) in [6, 6.07) is 18.7. The summed E-state index contributed by atoms with van der Waals surface area (Å²) in [6.45, 7) is 0. The smallest absolute Gasteiger partial charge is 0.202 e. The van der Waals surface area contributed by atoms with Crippen LogP contribution in [0.2, 0.25) is 0 Å². The van der Waals surface area contributed by atoms with Crippen LogP contribution in [0.1, 0.15) is 0 Å². The number of pyridine rings is 1. The van der Waals surface area contributed by atoms with Crippen molar-refractivity contribution in [1.82, 2.24) is 14.5 Å². The fourth-order valence-electron chi connectivity index (χ4n) is 2.59. The molecule has 0 atom stereocenters. The highest BCUT2D eigenvalue weighted by molar-refractivity contribution is 5.92. The van der Waals surface area contributed by atoms with Crippen LogP contribution >= 0.6 is 0 Å². The lowest BCUT2D eigenvalue weighted by atomic mass is 10.0. The highest BCUT2D eigenvalue weighted by Crippen LogP contribution is 2.26. The molecule has 0 aliphatic carbocycles. The van der Waals surface area contributed by atoms with Crippen LogP contribution in [-0.4, -0.2) is 14.5 Å². The highest BCUT2D eigenvalue weighted by Gasteiger charge is 2.08. The number of aromatic nitrogens is 3. The second-order valence-corrected chi connectivity index (χ2v) is 5.13. The van der Waals surface area contributed by atoms with Crippen molar-refractivity contribution in [3.63, 3.8) is 0 Å². The predicted molar refractivity (Wildman–Crippen MR) is 85.9 cm³/mol. The minimum atomic E-state index is 0.482. The van der Waals surface area contributed by atoms with Gasteiger partial charge in [-0.2, -0.15) is 4.98 Å². The fourth-order valence-corrected chi connectivity index (χ4v) is 2.59. The van der Waals surface area contributed by atoms with Gasteiger partial charge in [0.1, 0.15) is 0 Å². The summed E-state index contributed by atoms with van der Waals surface area (Å²) in [5.74, 6) is 0.482. The summed E-state index contributed by atoms with van der Waals surface area (Å²) < 4.78 is 1.85. The number of nitrogen functional groups attached to an aromatic ring is 1. The molecule has 0 bridgehead atoms. The van der Waals surface area contributed by atoms with E-state index in [0.29, 0.717) is 11.6 Å². The Hall–Kier alpha value is -2.88. The molecular weight excluding hydrogens is 260 g/mol. The standard InChI is InChI=1S/C17H14N4/c1-21-15-10-13-8-7-12(11-5-3-2-4-6-11)9-14(13)19-16(15)20-17(21)18/h2-10H,1H3,(H2,18,19,20). The van der Waals surface area contributed by atoms with Crippen LogP contribution in [0.4, 0.5) is 5.95 Å². The van der Waals surface area contributed by atoms with Crippen LogP contribution < -0.4 is 5.73 Å². The zero-order valence-electron chi connectivity index (χ0n) is 11.6. The average molecular weight is 274 g/mol. The predicted octanol–water partition coefficient (Wildman–Crippen LogP) is 3.37. The van der Waals surface area contributed by atoms with Crippen molar-refractivity contribution in [2.45, 2.75) is 0 Å². The van der Waals surface area contributed by atoms with Crippen molar-refractivity contribution in [3.8, 4) is 11.1 Å². The maximum absolute atomic E-state index is 5.85. The molecule has 2 aromatic heterocycles. The van der Waals surface area contributed by atoms with E-state index in [1.54, 1.807) is 0 Å². The number of nitrogens with zero attached hydrogens (tertiary/aromatic N) is 3. The van der Waals surface area contributed by atoms with E-state index in [2.05, 4.69) is 46.4 Å². The van der Waals surface area contributed by atoms with Crippen LogP contribution in [0.5, 0.6) is 0 Å². The van der Waals surface area contributed by atoms with Gasteiger partial charge >= 0.3 is 0 Å². The lowest BCUT2D eigenvalue weighted by Gasteiger charge is -2.04. The number of nitrogens with two attached hydrogens (primary N) is 1. The summed E-state index contributed by atoms with van der Waals surface area (Å²) in [4.78, 5) is 8.93. The first-order valence-electron chi connectivity index (χ1n) is 6.80. The van der Waals surface area contributed by atoms with Crippen LogP contribution in [-0.2, 0) is 7.05 Å². The molecule has 0 saturated carbocycles. The lowest BCUT2D eigenvalue weighted by Crippen LogP contribution is -1.95.